The lowest BCUT2D eigenvalue weighted by Gasteiger charge is -2.32. The Bertz CT molecular complexity index is 1000. The van der Waals surface area contributed by atoms with Crippen molar-refractivity contribution in [2.75, 3.05) is 25.4 Å². The van der Waals surface area contributed by atoms with Gasteiger partial charge in [0.1, 0.15) is 0 Å². The monoisotopic (exact) mass is 494 g/mol. The number of pyridine rings is 1. The number of thioether (sulfide) groups is 1. The Morgan fingerprint density at radius 3 is 2.49 bits per heavy atom. The van der Waals surface area contributed by atoms with E-state index >= 15 is 0 Å². The molecule has 35 heavy (non-hydrogen) atoms. The molecule has 2 aliphatic rings. The number of likely N-dealkylation sites (tertiary alicyclic amines) is 1. The molecular formula is C27H34N4O3S. The molecule has 0 atom stereocenters. The number of nitrogens with one attached hydrogen (secondary N) is 2. The van der Waals surface area contributed by atoms with Gasteiger partial charge in [-0.3, -0.25) is 19.4 Å². The van der Waals surface area contributed by atoms with Crippen molar-refractivity contribution in [3.8, 4) is 0 Å². The number of piperidine rings is 1. The summed E-state index contributed by atoms with van der Waals surface area (Å²) < 4.78 is 0. The molecule has 1 aromatic carbocycles. The molecule has 2 N–H and O–H groups in total. The zero-order valence-electron chi connectivity index (χ0n) is 20.1. The summed E-state index contributed by atoms with van der Waals surface area (Å²) in [5.74, 6) is 0.773. The Morgan fingerprint density at radius 2 is 1.74 bits per heavy atom. The first-order chi connectivity index (χ1) is 17.1. The van der Waals surface area contributed by atoms with Gasteiger partial charge in [-0.1, -0.05) is 31.4 Å². The van der Waals surface area contributed by atoms with Gasteiger partial charge in [0.05, 0.1) is 16.9 Å². The number of carbonyl (C=O) groups excluding carboxylic acids is 3. The molecule has 1 saturated carbocycles. The Morgan fingerprint density at radius 1 is 0.971 bits per heavy atom. The van der Waals surface area contributed by atoms with Crippen molar-refractivity contribution in [3.63, 3.8) is 0 Å². The Kier molecular flexibility index (Phi) is 9.17. The molecule has 2 heterocycles. The molecule has 0 bridgehead atoms. The smallest absolute Gasteiger partial charge is 0.254 e. The number of carbonyl (C=O) groups is 3. The average Bonchev–Trinajstić information content (AvgIpc) is 2.92. The first-order valence-corrected chi connectivity index (χ1v) is 13.6. The Balaban J connectivity index is 1.25. The van der Waals surface area contributed by atoms with Crippen molar-refractivity contribution in [1.82, 2.24) is 20.5 Å². The highest BCUT2D eigenvalue weighted by atomic mass is 32.2. The van der Waals surface area contributed by atoms with E-state index in [1.165, 1.54) is 43.9 Å². The summed E-state index contributed by atoms with van der Waals surface area (Å²) in [7, 11) is 0. The zero-order valence-corrected chi connectivity index (χ0v) is 20.9. The molecule has 186 valence electrons. The first-order valence-electron chi connectivity index (χ1n) is 12.6. The van der Waals surface area contributed by atoms with E-state index in [0.29, 0.717) is 48.7 Å². The van der Waals surface area contributed by atoms with Crippen LogP contribution in [0.25, 0.3) is 0 Å². The quantitative estimate of drug-likeness (QED) is 0.543. The second kappa shape index (κ2) is 12.7. The normalized spacial score (nSPS) is 17.1. The van der Waals surface area contributed by atoms with Crippen molar-refractivity contribution < 1.29 is 14.4 Å². The third-order valence-corrected chi connectivity index (χ3v) is 7.90. The highest BCUT2D eigenvalue weighted by Crippen LogP contribution is 2.26. The van der Waals surface area contributed by atoms with Crippen LogP contribution in [0, 0.1) is 5.92 Å². The van der Waals surface area contributed by atoms with Crippen LogP contribution in [0.15, 0.2) is 53.7 Å². The van der Waals surface area contributed by atoms with E-state index in [0.717, 1.165) is 11.4 Å². The van der Waals surface area contributed by atoms with Crippen LogP contribution >= 0.6 is 11.8 Å². The molecule has 0 unspecified atom stereocenters. The van der Waals surface area contributed by atoms with E-state index in [-0.39, 0.29) is 23.8 Å². The molecule has 0 radical (unpaired) electrons. The van der Waals surface area contributed by atoms with E-state index in [1.807, 2.05) is 29.2 Å². The van der Waals surface area contributed by atoms with Crippen LogP contribution in [0.4, 0.5) is 0 Å². The molecule has 1 aromatic heterocycles. The van der Waals surface area contributed by atoms with Gasteiger partial charge >= 0.3 is 0 Å². The van der Waals surface area contributed by atoms with Gasteiger partial charge in [0, 0.05) is 43.0 Å². The second-order valence-electron chi connectivity index (χ2n) is 9.37. The van der Waals surface area contributed by atoms with Crippen LogP contribution in [0.5, 0.6) is 0 Å². The lowest BCUT2D eigenvalue weighted by molar-refractivity contribution is -0.118. The van der Waals surface area contributed by atoms with Crippen LogP contribution in [0.3, 0.4) is 0 Å². The number of nitrogens with zero attached hydrogens (tertiary/aromatic N) is 2. The predicted molar refractivity (Wildman–Crippen MR) is 137 cm³/mol. The maximum Gasteiger partial charge on any atom is 0.254 e. The summed E-state index contributed by atoms with van der Waals surface area (Å²) in [6.07, 6.45) is 10.8. The molecule has 0 spiro atoms. The SMILES string of the molecule is O=C(CSc1ccccc1C(=O)N1CCC(NC(=O)c2cccnc2)CC1)NCC1CCCCC1. The van der Waals surface area contributed by atoms with E-state index in [2.05, 4.69) is 15.6 Å². The lowest BCUT2D eigenvalue weighted by atomic mass is 9.89. The van der Waals surface area contributed by atoms with Gasteiger partial charge in [-0.05, 0) is 55.9 Å². The molecule has 8 heteroatoms. The lowest BCUT2D eigenvalue weighted by Crippen LogP contribution is -2.46. The Hall–Kier alpha value is -2.87. The van der Waals surface area contributed by atoms with Gasteiger partial charge in [-0.25, -0.2) is 0 Å². The van der Waals surface area contributed by atoms with Crippen molar-refractivity contribution >= 4 is 29.5 Å². The van der Waals surface area contributed by atoms with Gasteiger partial charge in [0.15, 0.2) is 0 Å². The van der Waals surface area contributed by atoms with Crippen LogP contribution < -0.4 is 10.6 Å². The third kappa shape index (κ3) is 7.31. The minimum atomic E-state index is -0.133. The summed E-state index contributed by atoms with van der Waals surface area (Å²) >= 11 is 1.42. The number of rotatable bonds is 8. The summed E-state index contributed by atoms with van der Waals surface area (Å²) in [6.45, 7) is 1.92. The molecule has 2 fully saturated rings. The molecule has 1 aliphatic carbocycles. The van der Waals surface area contributed by atoms with Crippen LogP contribution in [0.2, 0.25) is 0 Å². The number of benzene rings is 1. The van der Waals surface area contributed by atoms with Gasteiger partial charge in [-0.2, -0.15) is 0 Å². The van der Waals surface area contributed by atoms with Crippen LogP contribution in [-0.2, 0) is 4.79 Å². The number of aromatic nitrogens is 1. The first kappa shape index (κ1) is 25.2. The predicted octanol–water partition coefficient (Wildman–Crippen LogP) is 3.90. The second-order valence-corrected chi connectivity index (χ2v) is 10.4. The zero-order chi connectivity index (χ0) is 24.5. The molecule has 4 rings (SSSR count). The largest absolute Gasteiger partial charge is 0.355 e. The summed E-state index contributed by atoms with van der Waals surface area (Å²) in [6, 6.07) is 11.0. The number of amides is 3. The molecule has 7 nitrogen and oxygen atoms in total. The van der Waals surface area contributed by atoms with Crippen LogP contribution in [-0.4, -0.2) is 59.0 Å². The summed E-state index contributed by atoms with van der Waals surface area (Å²) in [5.41, 5.74) is 1.18. The fraction of sp³-hybridized carbons (Fsp3) is 0.481. The molecule has 2 aromatic rings. The molecule has 1 aliphatic heterocycles. The molecule has 3 amide bonds. The minimum absolute atomic E-state index is 0.0206. The third-order valence-electron chi connectivity index (χ3n) is 6.83. The van der Waals surface area contributed by atoms with Crippen molar-refractivity contribution in [1.29, 1.82) is 0 Å². The highest BCUT2D eigenvalue weighted by molar-refractivity contribution is 8.00. The fourth-order valence-corrected chi connectivity index (χ4v) is 5.65. The number of hydrogen-bond donors (Lipinski definition) is 2. The summed E-state index contributed by atoms with van der Waals surface area (Å²) in [5, 5.41) is 6.12. The van der Waals surface area contributed by atoms with Crippen molar-refractivity contribution in [2.24, 2.45) is 5.92 Å². The standard InChI is InChI=1S/C27H34N4O3S/c32-25(29-17-20-7-2-1-3-8-20)19-35-24-11-5-4-10-23(24)27(34)31-15-12-22(13-16-31)30-26(33)21-9-6-14-28-18-21/h4-6,9-11,14,18,20,22H,1-3,7-8,12-13,15-17,19H2,(H,29,32)(H,30,33). The van der Waals surface area contributed by atoms with Gasteiger partial charge in [0.25, 0.3) is 11.8 Å². The summed E-state index contributed by atoms with van der Waals surface area (Å²) in [4.78, 5) is 44.7. The van der Waals surface area contributed by atoms with Gasteiger partial charge < -0.3 is 15.5 Å². The van der Waals surface area contributed by atoms with E-state index in [4.69, 9.17) is 0 Å². The van der Waals surface area contributed by atoms with E-state index in [1.54, 1.807) is 24.5 Å². The maximum atomic E-state index is 13.3. The van der Waals surface area contributed by atoms with E-state index in [9.17, 15) is 14.4 Å². The topological polar surface area (TPSA) is 91.4 Å². The molecular weight excluding hydrogens is 460 g/mol. The van der Waals surface area contributed by atoms with E-state index < -0.39 is 0 Å². The number of hydrogen-bond acceptors (Lipinski definition) is 5. The fourth-order valence-electron chi connectivity index (χ4n) is 4.78. The minimum Gasteiger partial charge on any atom is -0.355 e. The average molecular weight is 495 g/mol. The highest BCUT2D eigenvalue weighted by Gasteiger charge is 2.26. The van der Waals surface area contributed by atoms with Gasteiger partial charge in [-0.15, -0.1) is 11.8 Å². The van der Waals surface area contributed by atoms with Crippen molar-refractivity contribution in [2.45, 2.75) is 55.9 Å². The van der Waals surface area contributed by atoms with Gasteiger partial charge in [0.2, 0.25) is 5.91 Å². The maximum absolute atomic E-state index is 13.3. The van der Waals surface area contributed by atoms with Crippen molar-refractivity contribution in [3.05, 3.63) is 59.9 Å². The molecule has 1 saturated heterocycles. The van der Waals surface area contributed by atoms with Crippen LogP contribution in [0.1, 0.15) is 65.7 Å². The Labute approximate surface area is 211 Å².